The van der Waals surface area contributed by atoms with Crippen LogP contribution in [0.3, 0.4) is 0 Å². The first-order chi connectivity index (χ1) is 20.8. The number of hydrogen-bond acceptors (Lipinski definition) is 2. The van der Waals surface area contributed by atoms with Crippen molar-refractivity contribution in [2.24, 2.45) is 0 Å². The summed E-state index contributed by atoms with van der Waals surface area (Å²) >= 11 is 0. The first-order valence-corrected chi connectivity index (χ1v) is 14.3. The summed E-state index contributed by atoms with van der Waals surface area (Å²) in [6.07, 6.45) is 0. The molecular formula is C40H27NO. The van der Waals surface area contributed by atoms with Crippen molar-refractivity contribution in [3.05, 3.63) is 164 Å². The molecule has 8 rings (SSSR count). The van der Waals surface area contributed by atoms with E-state index in [9.17, 15) is 0 Å². The molecular weight excluding hydrogens is 510 g/mol. The number of nitrogens with zero attached hydrogens (tertiary/aromatic N) is 1. The van der Waals surface area contributed by atoms with Gasteiger partial charge in [-0.25, -0.2) is 0 Å². The average Bonchev–Trinajstić information content (AvgIpc) is 3.46. The van der Waals surface area contributed by atoms with Crippen molar-refractivity contribution in [2.45, 2.75) is 0 Å². The third-order valence-corrected chi connectivity index (χ3v) is 8.05. The Balaban J connectivity index is 1.43. The van der Waals surface area contributed by atoms with Crippen LogP contribution in [0.1, 0.15) is 0 Å². The van der Waals surface area contributed by atoms with Crippen LogP contribution in [0.2, 0.25) is 0 Å². The van der Waals surface area contributed by atoms with Crippen molar-refractivity contribution >= 4 is 49.8 Å². The maximum Gasteiger partial charge on any atom is 0.159 e. The highest BCUT2D eigenvalue weighted by Crippen LogP contribution is 2.46. The van der Waals surface area contributed by atoms with Crippen molar-refractivity contribution in [1.82, 2.24) is 0 Å². The average molecular weight is 538 g/mol. The quantitative estimate of drug-likeness (QED) is 0.217. The monoisotopic (exact) mass is 537 g/mol. The standard InChI is InChI=1S/C40H27NO/c1-4-13-28(14-5-1)31-23-25-36(35(27-31)29-15-6-2-7-16-29)41(32-18-8-3-9-19-32)37-22-12-21-34-39-33-20-11-10-17-30(33)24-26-38(39)42-40(34)37/h1-27H. The van der Waals surface area contributed by atoms with E-state index in [0.717, 1.165) is 50.1 Å². The smallest absolute Gasteiger partial charge is 0.159 e. The van der Waals surface area contributed by atoms with Crippen molar-refractivity contribution in [2.75, 3.05) is 4.90 Å². The van der Waals surface area contributed by atoms with E-state index in [1.807, 2.05) is 0 Å². The van der Waals surface area contributed by atoms with E-state index in [-0.39, 0.29) is 0 Å². The molecule has 0 atom stereocenters. The van der Waals surface area contributed by atoms with Crippen LogP contribution in [0.5, 0.6) is 0 Å². The summed E-state index contributed by atoms with van der Waals surface area (Å²) in [6.45, 7) is 0. The summed E-state index contributed by atoms with van der Waals surface area (Å²) < 4.78 is 6.71. The molecule has 0 radical (unpaired) electrons. The lowest BCUT2D eigenvalue weighted by molar-refractivity contribution is 0.669. The summed E-state index contributed by atoms with van der Waals surface area (Å²) in [7, 11) is 0. The van der Waals surface area contributed by atoms with Gasteiger partial charge in [0.15, 0.2) is 5.58 Å². The molecule has 42 heavy (non-hydrogen) atoms. The number of anilines is 3. The van der Waals surface area contributed by atoms with Crippen LogP contribution >= 0.6 is 0 Å². The van der Waals surface area contributed by atoms with Crippen molar-refractivity contribution in [3.63, 3.8) is 0 Å². The fourth-order valence-electron chi connectivity index (χ4n) is 6.10. The molecule has 0 fully saturated rings. The molecule has 0 unspecified atom stereocenters. The number of hydrogen-bond donors (Lipinski definition) is 0. The Kier molecular flexibility index (Phi) is 5.82. The lowest BCUT2D eigenvalue weighted by Gasteiger charge is -2.28. The van der Waals surface area contributed by atoms with Crippen LogP contribution in [0, 0.1) is 0 Å². The summed E-state index contributed by atoms with van der Waals surface area (Å²) in [5.41, 5.74) is 9.62. The molecule has 0 spiro atoms. The highest BCUT2D eigenvalue weighted by Gasteiger charge is 2.22. The van der Waals surface area contributed by atoms with E-state index in [0.29, 0.717) is 0 Å². The number of rotatable bonds is 5. The summed E-state index contributed by atoms with van der Waals surface area (Å²) in [6, 6.07) is 57.8. The van der Waals surface area contributed by atoms with E-state index in [1.165, 1.54) is 21.9 Å². The van der Waals surface area contributed by atoms with Gasteiger partial charge in [0.05, 0.1) is 11.4 Å². The number of benzene rings is 7. The molecule has 2 heteroatoms. The molecule has 0 saturated carbocycles. The molecule has 0 saturated heterocycles. The fourth-order valence-corrected chi connectivity index (χ4v) is 6.10. The summed E-state index contributed by atoms with van der Waals surface area (Å²) in [5.74, 6) is 0. The van der Waals surface area contributed by atoms with Gasteiger partial charge < -0.3 is 9.32 Å². The Labute approximate surface area is 244 Å². The molecule has 0 amide bonds. The molecule has 0 aliphatic heterocycles. The van der Waals surface area contributed by atoms with Crippen LogP contribution < -0.4 is 4.90 Å². The largest absolute Gasteiger partial charge is 0.454 e. The van der Waals surface area contributed by atoms with E-state index >= 15 is 0 Å². The molecule has 0 N–H and O–H groups in total. The summed E-state index contributed by atoms with van der Waals surface area (Å²) in [5, 5.41) is 4.68. The first kappa shape index (κ1) is 24.2. The number of furan rings is 1. The lowest BCUT2D eigenvalue weighted by Crippen LogP contribution is -2.11. The fraction of sp³-hybridized carbons (Fsp3) is 0. The van der Waals surface area contributed by atoms with Crippen molar-refractivity contribution in [3.8, 4) is 22.3 Å². The zero-order chi connectivity index (χ0) is 27.9. The van der Waals surface area contributed by atoms with Gasteiger partial charge in [0, 0.05) is 22.0 Å². The Morgan fingerprint density at radius 2 is 1.10 bits per heavy atom. The second-order valence-electron chi connectivity index (χ2n) is 10.6. The Hall–Kier alpha value is -5.60. The molecule has 2 nitrogen and oxygen atoms in total. The van der Waals surface area contributed by atoms with Crippen LogP contribution in [-0.2, 0) is 0 Å². The minimum absolute atomic E-state index is 0.874. The van der Waals surface area contributed by atoms with Gasteiger partial charge in [-0.2, -0.15) is 0 Å². The van der Waals surface area contributed by atoms with Gasteiger partial charge in [-0.3, -0.25) is 0 Å². The minimum atomic E-state index is 0.874. The second-order valence-corrected chi connectivity index (χ2v) is 10.6. The second kappa shape index (κ2) is 10.1. The molecule has 1 aromatic heterocycles. The van der Waals surface area contributed by atoms with Gasteiger partial charge >= 0.3 is 0 Å². The van der Waals surface area contributed by atoms with Crippen molar-refractivity contribution in [1.29, 1.82) is 0 Å². The predicted molar refractivity (Wildman–Crippen MR) is 177 cm³/mol. The van der Waals surface area contributed by atoms with Gasteiger partial charge in [-0.05, 0) is 63.9 Å². The van der Waals surface area contributed by atoms with Crippen LogP contribution in [0.15, 0.2) is 168 Å². The van der Waals surface area contributed by atoms with E-state index in [2.05, 4.69) is 169 Å². The third kappa shape index (κ3) is 4.05. The molecule has 0 bridgehead atoms. The number of fused-ring (bicyclic) bond motifs is 5. The molecule has 198 valence electrons. The van der Waals surface area contributed by atoms with E-state index in [1.54, 1.807) is 0 Å². The Morgan fingerprint density at radius 1 is 0.429 bits per heavy atom. The van der Waals surface area contributed by atoms with Crippen LogP contribution in [0.25, 0.3) is 55.0 Å². The van der Waals surface area contributed by atoms with Gasteiger partial charge in [0.25, 0.3) is 0 Å². The van der Waals surface area contributed by atoms with E-state index < -0.39 is 0 Å². The molecule has 1 heterocycles. The van der Waals surface area contributed by atoms with E-state index in [4.69, 9.17) is 4.42 Å². The molecule has 0 aliphatic rings. The molecule has 7 aromatic carbocycles. The maximum atomic E-state index is 6.71. The van der Waals surface area contributed by atoms with Crippen LogP contribution in [-0.4, -0.2) is 0 Å². The topological polar surface area (TPSA) is 16.4 Å². The molecule has 0 aliphatic carbocycles. The Bertz CT molecular complexity index is 2180. The van der Waals surface area contributed by atoms with Crippen LogP contribution in [0.4, 0.5) is 17.1 Å². The maximum absolute atomic E-state index is 6.71. The lowest BCUT2D eigenvalue weighted by atomic mass is 9.96. The third-order valence-electron chi connectivity index (χ3n) is 8.05. The van der Waals surface area contributed by atoms with Gasteiger partial charge in [-0.15, -0.1) is 0 Å². The highest BCUT2D eigenvalue weighted by atomic mass is 16.3. The highest BCUT2D eigenvalue weighted by molar-refractivity contribution is 6.21. The normalized spacial score (nSPS) is 11.3. The van der Waals surface area contributed by atoms with Gasteiger partial charge in [-0.1, -0.05) is 127 Å². The molecule has 8 aromatic rings. The first-order valence-electron chi connectivity index (χ1n) is 14.3. The van der Waals surface area contributed by atoms with Gasteiger partial charge in [0.1, 0.15) is 5.58 Å². The SMILES string of the molecule is c1ccc(-c2ccc(N(c3ccccc3)c3cccc4c3oc3ccc5ccccc5c34)c(-c3ccccc3)c2)cc1. The van der Waals surface area contributed by atoms with Gasteiger partial charge in [0.2, 0.25) is 0 Å². The minimum Gasteiger partial charge on any atom is -0.454 e. The number of para-hydroxylation sites is 2. The Morgan fingerprint density at radius 3 is 1.88 bits per heavy atom. The van der Waals surface area contributed by atoms with Crippen molar-refractivity contribution < 1.29 is 4.42 Å². The zero-order valence-electron chi connectivity index (χ0n) is 22.9. The zero-order valence-corrected chi connectivity index (χ0v) is 22.9. The summed E-state index contributed by atoms with van der Waals surface area (Å²) in [4.78, 5) is 2.34. The predicted octanol–water partition coefficient (Wildman–Crippen LogP) is 11.5.